The summed E-state index contributed by atoms with van der Waals surface area (Å²) in [5, 5.41) is 3.19. The molecule has 1 unspecified atom stereocenters. The molecule has 1 saturated heterocycles. The summed E-state index contributed by atoms with van der Waals surface area (Å²) in [5.41, 5.74) is 0.991. The van der Waals surface area contributed by atoms with Crippen LogP contribution in [0.3, 0.4) is 0 Å². The molecule has 0 spiro atoms. The van der Waals surface area contributed by atoms with Crippen LogP contribution in [0.25, 0.3) is 0 Å². The fraction of sp³-hybridized carbons (Fsp3) is 0.500. The average molecular weight is 239 g/mol. The molecule has 16 heavy (non-hydrogen) atoms. The highest BCUT2D eigenvalue weighted by Gasteiger charge is 2.23. The van der Waals surface area contributed by atoms with Crippen molar-refractivity contribution in [2.24, 2.45) is 5.92 Å². The molecule has 0 aromatic heterocycles. The van der Waals surface area contributed by atoms with Gasteiger partial charge in [-0.05, 0) is 50.0 Å². The largest absolute Gasteiger partial charge is 0.316 e. The van der Waals surface area contributed by atoms with Crippen LogP contribution in [-0.2, 0) is 9.84 Å². The van der Waals surface area contributed by atoms with Crippen LogP contribution >= 0.6 is 0 Å². The Hall–Kier alpha value is -0.870. The number of rotatable bonds is 3. The lowest BCUT2D eigenvalue weighted by atomic mass is 10.2. The van der Waals surface area contributed by atoms with Crippen molar-refractivity contribution in [3.63, 3.8) is 0 Å². The minimum Gasteiger partial charge on any atom is -0.316 e. The second kappa shape index (κ2) is 4.55. The minimum atomic E-state index is -3.11. The summed E-state index contributed by atoms with van der Waals surface area (Å²) in [6.45, 7) is 3.68. The van der Waals surface area contributed by atoms with E-state index in [-0.39, 0.29) is 11.7 Å². The molecule has 0 saturated carbocycles. The maximum Gasteiger partial charge on any atom is 0.178 e. The zero-order valence-corrected chi connectivity index (χ0v) is 10.3. The predicted molar refractivity (Wildman–Crippen MR) is 64.2 cm³/mol. The van der Waals surface area contributed by atoms with Crippen LogP contribution in [0, 0.1) is 12.8 Å². The summed E-state index contributed by atoms with van der Waals surface area (Å²) in [7, 11) is -3.11. The summed E-state index contributed by atoms with van der Waals surface area (Å²) < 4.78 is 24.2. The number of benzene rings is 1. The van der Waals surface area contributed by atoms with Crippen LogP contribution < -0.4 is 5.32 Å². The summed E-state index contributed by atoms with van der Waals surface area (Å²) in [6, 6.07) is 7.15. The van der Waals surface area contributed by atoms with Gasteiger partial charge in [-0.3, -0.25) is 0 Å². The highest BCUT2D eigenvalue weighted by atomic mass is 32.2. The Morgan fingerprint density at radius 1 is 1.44 bits per heavy atom. The highest BCUT2D eigenvalue weighted by molar-refractivity contribution is 7.91. The topological polar surface area (TPSA) is 46.2 Å². The third kappa shape index (κ3) is 2.62. The van der Waals surface area contributed by atoms with Gasteiger partial charge in [-0.15, -0.1) is 0 Å². The molecule has 3 nitrogen and oxygen atoms in total. The molecule has 1 heterocycles. The lowest BCUT2D eigenvalue weighted by Gasteiger charge is -2.09. The van der Waals surface area contributed by atoms with E-state index in [0.29, 0.717) is 4.90 Å². The van der Waals surface area contributed by atoms with Gasteiger partial charge in [0.25, 0.3) is 0 Å². The molecule has 0 amide bonds. The van der Waals surface area contributed by atoms with Gasteiger partial charge in [0.1, 0.15) is 0 Å². The monoisotopic (exact) mass is 239 g/mol. The smallest absolute Gasteiger partial charge is 0.178 e. The first kappa shape index (κ1) is 11.6. The molecule has 1 fully saturated rings. The molecule has 1 aromatic rings. The van der Waals surface area contributed by atoms with Crippen molar-refractivity contribution in [3.8, 4) is 0 Å². The SMILES string of the molecule is Cc1cccc(S(=O)(=O)CC2CCNC2)c1. The van der Waals surface area contributed by atoms with Gasteiger partial charge >= 0.3 is 0 Å². The molecule has 0 bridgehead atoms. The molecule has 1 atom stereocenters. The van der Waals surface area contributed by atoms with Crippen molar-refractivity contribution >= 4 is 9.84 Å². The van der Waals surface area contributed by atoms with E-state index in [9.17, 15) is 8.42 Å². The Morgan fingerprint density at radius 3 is 2.88 bits per heavy atom. The number of hydrogen-bond donors (Lipinski definition) is 1. The molecule has 0 aliphatic carbocycles. The van der Waals surface area contributed by atoms with Crippen LogP contribution in [0.5, 0.6) is 0 Å². The first-order chi connectivity index (χ1) is 7.58. The number of hydrogen-bond acceptors (Lipinski definition) is 3. The van der Waals surface area contributed by atoms with E-state index in [1.807, 2.05) is 13.0 Å². The molecule has 1 aromatic carbocycles. The van der Waals surface area contributed by atoms with Crippen LogP contribution in [0.4, 0.5) is 0 Å². The van der Waals surface area contributed by atoms with E-state index in [2.05, 4.69) is 5.32 Å². The van der Waals surface area contributed by atoms with E-state index in [0.717, 1.165) is 25.1 Å². The zero-order valence-electron chi connectivity index (χ0n) is 9.44. The summed E-state index contributed by atoms with van der Waals surface area (Å²) in [6.07, 6.45) is 0.963. The summed E-state index contributed by atoms with van der Waals surface area (Å²) >= 11 is 0. The summed E-state index contributed by atoms with van der Waals surface area (Å²) in [5.74, 6) is 0.536. The molecule has 1 N–H and O–H groups in total. The van der Waals surface area contributed by atoms with Crippen LogP contribution in [0.2, 0.25) is 0 Å². The lowest BCUT2D eigenvalue weighted by Crippen LogP contribution is -2.18. The van der Waals surface area contributed by atoms with Gasteiger partial charge in [-0.25, -0.2) is 8.42 Å². The first-order valence-electron chi connectivity index (χ1n) is 5.58. The molecular weight excluding hydrogens is 222 g/mol. The Labute approximate surface area is 96.8 Å². The molecule has 1 aliphatic heterocycles. The summed E-state index contributed by atoms with van der Waals surface area (Å²) in [4.78, 5) is 0.458. The van der Waals surface area contributed by atoms with Gasteiger partial charge in [0.15, 0.2) is 9.84 Å². The van der Waals surface area contributed by atoms with E-state index in [1.165, 1.54) is 0 Å². The molecule has 4 heteroatoms. The minimum absolute atomic E-state index is 0.267. The van der Waals surface area contributed by atoms with Gasteiger partial charge in [0, 0.05) is 0 Å². The number of nitrogens with one attached hydrogen (secondary N) is 1. The van der Waals surface area contributed by atoms with E-state index in [4.69, 9.17) is 0 Å². The standard InChI is InChI=1S/C12H17NO2S/c1-10-3-2-4-12(7-10)16(14,15)9-11-5-6-13-8-11/h2-4,7,11,13H,5-6,8-9H2,1H3. The first-order valence-corrected chi connectivity index (χ1v) is 7.23. The van der Waals surface area contributed by atoms with Gasteiger partial charge in [-0.1, -0.05) is 12.1 Å². The normalized spacial score (nSPS) is 21.2. The number of aryl methyl sites for hydroxylation is 1. The molecule has 88 valence electrons. The maximum absolute atomic E-state index is 12.1. The molecule has 2 rings (SSSR count). The fourth-order valence-electron chi connectivity index (χ4n) is 2.07. The van der Waals surface area contributed by atoms with Crippen molar-refractivity contribution in [2.45, 2.75) is 18.2 Å². The van der Waals surface area contributed by atoms with E-state index in [1.54, 1.807) is 18.2 Å². The third-order valence-corrected chi connectivity index (χ3v) is 4.85. The van der Waals surface area contributed by atoms with Gasteiger partial charge in [0.05, 0.1) is 10.6 Å². The van der Waals surface area contributed by atoms with E-state index < -0.39 is 9.84 Å². The maximum atomic E-state index is 12.1. The second-order valence-corrected chi connectivity index (χ2v) is 6.49. The van der Waals surface area contributed by atoms with Crippen molar-refractivity contribution in [1.82, 2.24) is 5.32 Å². The molecule has 1 aliphatic rings. The van der Waals surface area contributed by atoms with E-state index >= 15 is 0 Å². The Balaban J connectivity index is 2.18. The van der Waals surface area contributed by atoms with Crippen molar-refractivity contribution in [3.05, 3.63) is 29.8 Å². The second-order valence-electron chi connectivity index (χ2n) is 4.46. The van der Waals surface area contributed by atoms with Crippen molar-refractivity contribution in [1.29, 1.82) is 0 Å². The lowest BCUT2D eigenvalue weighted by molar-refractivity contribution is 0.570. The fourth-order valence-corrected chi connectivity index (χ4v) is 3.82. The van der Waals surface area contributed by atoms with Crippen LogP contribution in [0.1, 0.15) is 12.0 Å². The highest BCUT2D eigenvalue weighted by Crippen LogP contribution is 2.18. The van der Waals surface area contributed by atoms with Crippen molar-refractivity contribution < 1.29 is 8.42 Å². The molecule has 0 radical (unpaired) electrons. The van der Waals surface area contributed by atoms with Crippen molar-refractivity contribution in [2.75, 3.05) is 18.8 Å². The Bertz CT molecular complexity index is 462. The third-order valence-electron chi connectivity index (χ3n) is 2.97. The quantitative estimate of drug-likeness (QED) is 0.866. The van der Waals surface area contributed by atoms with Gasteiger partial charge < -0.3 is 5.32 Å². The molecular formula is C12H17NO2S. The van der Waals surface area contributed by atoms with Crippen LogP contribution in [-0.4, -0.2) is 27.3 Å². The average Bonchev–Trinajstić information content (AvgIpc) is 2.70. The van der Waals surface area contributed by atoms with Gasteiger partial charge in [0.2, 0.25) is 0 Å². The number of sulfone groups is 1. The van der Waals surface area contributed by atoms with Crippen LogP contribution in [0.15, 0.2) is 29.2 Å². The van der Waals surface area contributed by atoms with Gasteiger partial charge in [-0.2, -0.15) is 0 Å². The zero-order chi connectivity index (χ0) is 11.6. The Morgan fingerprint density at radius 2 is 2.25 bits per heavy atom. The Kier molecular flexibility index (Phi) is 3.30. The predicted octanol–water partition coefficient (Wildman–Crippen LogP) is 1.38.